The van der Waals surface area contributed by atoms with Crippen molar-refractivity contribution >= 4 is 41.0 Å². The highest BCUT2D eigenvalue weighted by molar-refractivity contribution is 8.01. The van der Waals surface area contributed by atoms with Gasteiger partial charge in [0.2, 0.25) is 11.8 Å². The van der Waals surface area contributed by atoms with Gasteiger partial charge in [-0.15, -0.1) is 0 Å². The minimum Gasteiger partial charge on any atom is -0.351 e. The lowest BCUT2D eigenvalue weighted by molar-refractivity contribution is -0.129. The number of thioether (sulfide) groups is 1. The number of pyridine rings is 2. The maximum absolute atomic E-state index is 13.5. The van der Waals surface area contributed by atoms with Crippen LogP contribution in [0.2, 0.25) is 0 Å². The van der Waals surface area contributed by atoms with E-state index in [0.29, 0.717) is 19.0 Å². The number of carbonyl (C=O) groups excluding carboxylic acids is 3. The van der Waals surface area contributed by atoms with Crippen molar-refractivity contribution in [3.05, 3.63) is 54.5 Å². The average molecular weight is 519 g/mol. The summed E-state index contributed by atoms with van der Waals surface area (Å²) >= 11 is 1.38. The van der Waals surface area contributed by atoms with E-state index in [1.54, 1.807) is 22.2 Å². The number of rotatable bonds is 5. The van der Waals surface area contributed by atoms with Gasteiger partial charge in [-0.3, -0.25) is 19.5 Å². The van der Waals surface area contributed by atoms with Gasteiger partial charge in [-0.05, 0) is 50.0 Å². The number of hydrogen-bond donors (Lipinski definition) is 2. The summed E-state index contributed by atoms with van der Waals surface area (Å²) in [7, 11) is 0. The van der Waals surface area contributed by atoms with Crippen LogP contribution in [0.4, 0.5) is 16.2 Å². The molecule has 0 bridgehead atoms. The molecule has 1 aliphatic carbocycles. The number of likely N-dealkylation sites (tertiary alicyclic amines) is 1. The molecule has 10 heteroatoms. The van der Waals surface area contributed by atoms with Crippen molar-refractivity contribution in [1.82, 2.24) is 25.5 Å². The normalized spacial score (nSPS) is 25.0. The number of piperidine rings is 1. The van der Waals surface area contributed by atoms with Crippen LogP contribution in [-0.2, 0) is 9.59 Å². The van der Waals surface area contributed by atoms with Crippen LogP contribution in [0.1, 0.15) is 61.7 Å². The number of hydrogen-bond acceptors (Lipinski definition) is 6. The topological polar surface area (TPSA) is 108 Å². The van der Waals surface area contributed by atoms with Gasteiger partial charge in [0.15, 0.2) is 0 Å². The number of amides is 4. The smallest absolute Gasteiger partial charge is 0.327 e. The van der Waals surface area contributed by atoms with Crippen LogP contribution < -0.4 is 15.5 Å². The molecule has 0 spiro atoms. The lowest BCUT2D eigenvalue weighted by Crippen LogP contribution is -2.53. The van der Waals surface area contributed by atoms with E-state index < -0.39 is 11.3 Å². The molecule has 2 aromatic heterocycles. The van der Waals surface area contributed by atoms with Crippen LogP contribution >= 0.6 is 11.8 Å². The van der Waals surface area contributed by atoms with Gasteiger partial charge in [0.1, 0.15) is 10.3 Å². The third-order valence-corrected chi connectivity index (χ3v) is 9.10. The third-order valence-electron chi connectivity index (χ3n) is 7.81. The predicted octanol–water partition coefficient (Wildman–Crippen LogP) is 3.80. The van der Waals surface area contributed by atoms with Crippen molar-refractivity contribution in [1.29, 1.82) is 0 Å². The van der Waals surface area contributed by atoms with Crippen molar-refractivity contribution in [3.8, 4) is 0 Å². The molecule has 3 aliphatic heterocycles. The molecule has 5 heterocycles. The first-order valence-electron chi connectivity index (χ1n) is 13.0. The fourth-order valence-electron chi connectivity index (χ4n) is 6.01. The predicted molar refractivity (Wildman–Crippen MR) is 141 cm³/mol. The number of nitrogens with one attached hydrogen (secondary N) is 2. The van der Waals surface area contributed by atoms with Crippen molar-refractivity contribution < 1.29 is 14.4 Å². The SMILES string of the molecule is C=CC(=O)N1CCCC(NC(=O)[C@@H]2Sc3nccc4c3C2NC(=O)N4c2ccnc(C3CCCC3)c2)C1. The minimum atomic E-state index is -0.535. The van der Waals surface area contributed by atoms with E-state index in [1.165, 1.54) is 30.7 Å². The van der Waals surface area contributed by atoms with Crippen molar-refractivity contribution in [2.24, 2.45) is 0 Å². The van der Waals surface area contributed by atoms with Crippen LogP contribution in [0, 0.1) is 0 Å². The Hall–Kier alpha value is -3.40. The molecule has 192 valence electrons. The molecule has 4 aliphatic rings. The van der Waals surface area contributed by atoms with E-state index in [1.807, 2.05) is 18.2 Å². The number of urea groups is 1. The van der Waals surface area contributed by atoms with Crippen molar-refractivity contribution in [2.75, 3.05) is 18.0 Å². The fraction of sp³-hybridized carbons (Fsp3) is 0.444. The highest BCUT2D eigenvalue weighted by Gasteiger charge is 2.47. The third kappa shape index (κ3) is 4.37. The Morgan fingerprint density at radius 1 is 1.14 bits per heavy atom. The summed E-state index contributed by atoms with van der Waals surface area (Å²) in [6.07, 6.45) is 11.1. The molecule has 3 atom stereocenters. The Bertz CT molecular complexity index is 1260. The summed E-state index contributed by atoms with van der Waals surface area (Å²) in [5.41, 5.74) is 3.43. The van der Waals surface area contributed by atoms with Crippen molar-refractivity contribution in [2.45, 2.75) is 66.8 Å². The second-order valence-corrected chi connectivity index (χ2v) is 11.2. The van der Waals surface area contributed by atoms with Gasteiger partial charge < -0.3 is 15.5 Å². The monoisotopic (exact) mass is 518 g/mol. The van der Waals surface area contributed by atoms with Gasteiger partial charge in [-0.1, -0.05) is 31.2 Å². The van der Waals surface area contributed by atoms with Crippen molar-refractivity contribution in [3.63, 3.8) is 0 Å². The molecule has 37 heavy (non-hydrogen) atoms. The maximum Gasteiger partial charge on any atom is 0.327 e. The lowest BCUT2D eigenvalue weighted by Gasteiger charge is -2.35. The van der Waals surface area contributed by atoms with Gasteiger partial charge in [0.25, 0.3) is 0 Å². The summed E-state index contributed by atoms with van der Waals surface area (Å²) in [5, 5.41) is 6.42. The molecular weight excluding hydrogens is 488 g/mol. The molecule has 6 rings (SSSR count). The molecule has 0 radical (unpaired) electrons. The Morgan fingerprint density at radius 2 is 1.95 bits per heavy atom. The zero-order valence-electron chi connectivity index (χ0n) is 20.6. The standard InChI is InChI=1S/C27H30N6O3S/c1-2-21(34)32-13-5-8-17(15-32)30-25(35)24-23-22-20(10-12-29-26(22)37-24)33(27(36)31-23)18-9-11-28-19(14-18)16-6-3-4-7-16/h2,9-12,14,16-17,23-24H,1,3-8,13,15H2,(H,30,35)(H,31,36)/t17?,23?,24-/m1/s1. The summed E-state index contributed by atoms with van der Waals surface area (Å²) in [5.74, 6) is 0.158. The van der Waals surface area contributed by atoms with Gasteiger partial charge >= 0.3 is 6.03 Å². The van der Waals surface area contributed by atoms with Gasteiger partial charge in [-0.2, -0.15) is 0 Å². The number of nitrogens with zero attached hydrogens (tertiary/aromatic N) is 4. The maximum atomic E-state index is 13.5. The second kappa shape index (κ2) is 9.81. The molecular formula is C27H30N6O3S. The van der Waals surface area contributed by atoms with Crippen LogP contribution in [0.25, 0.3) is 0 Å². The second-order valence-electron chi connectivity index (χ2n) is 10.1. The fourth-order valence-corrected chi connectivity index (χ4v) is 7.25. The highest BCUT2D eigenvalue weighted by atomic mass is 32.2. The summed E-state index contributed by atoms with van der Waals surface area (Å²) in [6, 6.07) is 4.85. The van der Waals surface area contributed by atoms with E-state index in [0.717, 1.165) is 53.3 Å². The molecule has 2 fully saturated rings. The Labute approximate surface area is 220 Å². The van der Waals surface area contributed by atoms with Gasteiger partial charge in [0, 0.05) is 48.7 Å². The molecule has 2 unspecified atom stereocenters. The van der Waals surface area contributed by atoms with E-state index in [-0.39, 0.29) is 23.9 Å². The van der Waals surface area contributed by atoms with Crippen LogP contribution in [-0.4, -0.2) is 57.1 Å². The van der Waals surface area contributed by atoms with Gasteiger partial charge in [-0.25, -0.2) is 9.78 Å². The summed E-state index contributed by atoms with van der Waals surface area (Å²) < 4.78 is 0. The first kappa shape index (κ1) is 24.0. The average Bonchev–Trinajstić information content (AvgIpc) is 3.58. The summed E-state index contributed by atoms with van der Waals surface area (Å²) in [4.78, 5) is 51.5. The molecule has 2 aromatic rings. The molecule has 9 nitrogen and oxygen atoms in total. The van der Waals surface area contributed by atoms with Crippen LogP contribution in [0.5, 0.6) is 0 Å². The number of aromatic nitrogens is 2. The van der Waals surface area contributed by atoms with E-state index >= 15 is 0 Å². The molecule has 4 amide bonds. The van der Waals surface area contributed by atoms with Crippen LogP contribution in [0.3, 0.4) is 0 Å². The molecule has 2 N–H and O–H groups in total. The highest BCUT2D eigenvalue weighted by Crippen LogP contribution is 2.50. The summed E-state index contributed by atoms with van der Waals surface area (Å²) in [6.45, 7) is 4.69. The molecule has 0 aromatic carbocycles. The number of carbonyl (C=O) groups is 3. The van der Waals surface area contributed by atoms with Crippen LogP contribution in [0.15, 0.2) is 48.3 Å². The zero-order chi connectivity index (χ0) is 25.5. The number of anilines is 2. The van der Waals surface area contributed by atoms with E-state index in [9.17, 15) is 14.4 Å². The lowest BCUT2D eigenvalue weighted by atomic mass is 9.98. The zero-order valence-corrected chi connectivity index (χ0v) is 21.4. The first-order valence-corrected chi connectivity index (χ1v) is 13.9. The van der Waals surface area contributed by atoms with E-state index in [2.05, 4.69) is 27.2 Å². The first-order chi connectivity index (χ1) is 18.0. The Kier molecular flexibility index (Phi) is 6.36. The van der Waals surface area contributed by atoms with Gasteiger partial charge in [0.05, 0.1) is 17.4 Å². The Balaban J connectivity index is 1.24. The van der Waals surface area contributed by atoms with E-state index in [4.69, 9.17) is 0 Å². The largest absolute Gasteiger partial charge is 0.351 e. The molecule has 1 saturated heterocycles. The Morgan fingerprint density at radius 3 is 2.76 bits per heavy atom. The quantitative estimate of drug-likeness (QED) is 0.583. The molecule has 1 saturated carbocycles. The minimum absolute atomic E-state index is 0.123.